The van der Waals surface area contributed by atoms with Gasteiger partial charge in [0.15, 0.2) is 0 Å². The first kappa shape index (κ1) is 17.5. The molecule has 1 fully saturated rings. The van der Waals surface area contributed by atoms with Crippen LogP contribution in [0.25, 0.3) is 0 Å². The Hall–Kier alpha value is -1.88. The van der Waals surface area contributed by atoms with Crippen molar-refractivity contribution >= 4 is 0 Å². The second-order valence-electron chi connectivity index (χ2n) is 7.77. The SMILES string of the molecule is Cc1ccc2c(c1)[C@H](O)CC1(CCN(C[C@H](O)c3ccccc3)CC1)O2. The molecule has 2 aromatic rings. The van der Waals surface area contributed by atoms with Gasteiger partial charge in [-0.25, -0.2) is 0 Å². The first-order valence-electron chi connectivity index (χ1n) is 9.48. The van der Waals surface area contributed by atoms with E-state index in [0.29, 0.717) is 13.0 Å². The zero-order valence-electron chi connectivity index (χ0n) is 15.3. The molecule has 1 spiro atoms. The molecule has 0 bridgehead atoms. The topological polar surface area (TPSA) is 52.9 Å². The summed E-state index contributed by atoms with van der Waals surface area (Å²) in [5, 5.41) is 21.1. The molecule has 0 radical (unpaired) electrons. The van der Waals surface area contributed by atoms with Crippen LogP contribution in [0.4, 0.5) is 0 Å². The largest absolute Gasteiger partial charge is 0.487 e. The molecule has 0 aromatic heterocycles. The summed E-state index contributed by atoms with van der Waals surface area (Å²) in [6, 6.07) is 15.9. The Labute approximate surface area is 155 Å². The van der Waals surface area contributed by atoms with E-state index in [0.717, 1.165) is 48.4 Å². The minimum absolute atomic E-state index is 0.282. The lowest BCUT2D eigenvalue weighted by molar-refractivity contribution is -0.0588. The molecule has 4 rings (SSSR count). The van der Waals surface area contributed by atoms with Gasteiger partial charge in [-0.3, -0.25) is 0 Å². The lowest BCUT2D eigenvalue weighted by Gasteiger charge is -2.46. The highest BCUT2D eigenvalue weighted by molar-refractivity contribution is 5.41. The Kier molecular flexibility index (Phi) is 4.74. The Bertz CT molecular complexity index is 753. The van der Waals surface area contributed by atoms with Crippen LogP contribution in [-0.2, 0) is 0 Å². The number of ether oxygens (including phenoxy) is 1. The normalized spacial score (nSPS) is 23.3. The van der Waals surface area contributed by atoms with Gasteiger partial charge >= 0.3 is 0 Å². The number of β-amino-alcohol motifs (C(OH)–C–C–N with tert-alkyl or cyclic N) is 1. The second kappa shape index (κ2) is 7.03. The Morgan fingerprint density at radius 1 is 1.15 bits per heavy atom. The molecule has 2 N–H and O–H groups in total. The van der Waals surface area contributed by atoms with E-state index in [1.165, 1.54) is 0 Å². The highest BCUT2D eigenvalue weighted by atomic mass is 16.5. The van der Waals surface area contributed by atoms with Crippen molar-refractivity contribution in [2.24, 2.45) is 0 Å². The smallest absolute Gasteiger partial charge is 0.125 e. The summed E-state index contributed by atoms with van der Waals surface area (Å²) >= 11 is 0. The maximum Gasteiger partial charge on any atom is 0.125 e. The number of likely N-dealkylation sites (tertiary alicyclic amines) is 1. The molecule has 2 heterocycles. The van der Waals surface area contributed by atoms with Gasteiger partial charge in [-0.2, -0.15) is 0 Å². The fourth-order valence-corrected chi connectivity index (χ4v) is 4.23. The van der Waals surface area contributed by atoms with Gasteiger partial charge < -0.3 is 19.8 Å². The number of aryl methyl sites for hydroxylation is 1. The van der Waals surface area contributed by atoms with E-state index in [9.17, 15) is 10.2 Å². The van der Waals surface area contributed by atoms with Crippen molar-refractivity contribution in [1.82, 2.24) is 4.90 Å². The number of rotatable bonds is 3. The molecule has 0 saturated carbocycles. The molecule has 0 unspecified atom stereocenters. The molecule has 2 aliphatic heterocycles. The van der Waals surface area contributed by atoms with Gasteiger partial charge in [0.1, 0.15) is 11.4 Å². The maximum absolute atomic E-state index is 10.6. The average Bonchev–Trinajstić information content (AvgIpc) is 2.65. The van der Waals surface area contributed by atoms with Gasteiger partial charge in [0.2, 0.25) is 0 Å². The van der Waals surface area contributed by atoms with E-state index in [4.69, 9.17) is 4.74 Å². The van der Waals surface area contributed by atoms with Gasteiger partial charge in [-0.05, 0) is 37.5 Å². The quantitative estimate of drug-likeness (QED) is 0.888. The predicted molar refractivity (Wildman–Crippen MR) is 101 cm³/mol. The van der Waals surface area contributed by atoms with Crippen molar-refractivity contribution in [2.45, 2.75) is 44.0 Å². The van der Waals surface area contributed by atoms with Crippen molar-refractivity contribution in [3.63, 3.8) is 0 Å². The van der Waals surface area contributed by atoms with Crippen LogP contribution < -0.4 is 4.74 Å². The van der Waals surface area contributed by atoms with Crippen LogP contribution in [-0.4, -0.2) is 40.3 Å². The summed E-state index contributed by atoms with van der Waals surface area (Å²) in [5.74, 6) is 0.826. The number of fused-ring (bicyclic) bond motifs is 1. The zero-order chi connectivity index (χ0) is 18.1. The molecule has 4 heteroatoms. The average molecular weight is 353 g/mol. The lowest BCUT2D eigenvalue weighted by Crippen LogP contribution is -2.51. The highest BCUT2D eigenvalue weighted by Crippen LogP contribution is 2.44. The molecular formula is C22H27NO3. The molecule has 2 aliphatic rings. The number of nitrogens with zero attached hydrogens (tertiary/aromatic N) is 1. The second-order valence-corrected chi connectivity index (χ2v) is 7.77. The monoisotopic (exact) mass is 353 g/mol. The third kappa shape index (κ3) is 3.50. The Balaban J connectivity index is 1.40. The maximum atomic E-state index is 10.6. The number of hydrogen-bond donors (Lipinski definition) is 2. The molecule has 138 valence electrons. The minimum Gasteiger partial charge on any atom is -0.487 e. The van der Waals surface area contributed by atoms with Crippen LogP contribution in [0.5, 0.6) is 5.75 Å². The third-order valence-electron chi connectivity index (χ3n) is 5.80. The van der Waals surface area contributed by atoms with Crippen LogP contribution in [0.2, 0.25) is 0 Å². The van der Waals surface area contributed by atoms with Crippen LogP contribution >= 0.6 is 0 Å². The minimum atomic E-state index is -0.466. The van der Waals surface area contributed by atoms with E-state index >= 15 is 0 Å². The molecular weight excluding hydrogens is 326 g/mol. The molecule has 26 heavy (non-hydrogen) atoms. The fraction of sp³-hybridized carbons (Fsp3) is 0.455. The standard InChI is InChI=1S/C22H27NO3/c1-16-7-8-21-18(13-16)19(24)14-22(26-21)9-11-23(12-10-22)15-20(25)17-5-3-2-4-6-17/h2-8,13,19-20,24-25H,9-12,14-15H2,1H3/t19-,20+/m1/s1. The number of aliphatic hydroxyl groups is 2. The first-order chi connectivity index (χ1) is 12.5. The summed E-state index contributed by atoms with van der Waals surface area (Å²) in [6.45, 7) is 4.42. The fourth-order valence-electron chi connectivity index (χ4n) is 4.23. The van der Waals surface area contributed by atoms with Crippen molar-refractivity contribution in [3.05, 3.63) is 65.2 Å². The van der Waals surface area contributed by atoms with Crippen LogP contribution in [0.3, 0.4) is 0 Å². The summed E-state index contributed by atoms with van der Waals surface area (Å²) in [6.07, 6.45) is 1.47. The van der Waals surface area contributed by atoms with E-state index in [-0.39, 0.29) is 5.60 Å². The van der Waals surface area contributed by atoms with Gasteiger partial charge in [0, 0.05) is 31.6 Å². The van der Waals surface area contributed by atoms with E-state index in [2.05, 4.69) is 4.90 Å². The van der Waals surface area contributed by atoms with E-state index in [1.807, 2.05) is 55.5 Å². The zero-order valence-corrected chi connectivity index (χ0v) is 15.3. The molecule has 4 nitrogen and oxygen atoms in total. The molecule has 2 aromatic carbocycles. The van der Waals surface area contributed by atoms with Crippen LogP contribution in [0, 0.1) is 6.92 Å². The van der Waals surface area contributed by atoms with E-state index in [1.54, 1.807) is 0 Å². The van der Waals surface area contributed by atoms with E-state index < -0.39 is 12.2 Å². The van der Waals surface area contributed by atoms with Gasteiger partial charge in [-0.15, -0.1) is 0 Å². The third-order valence-corrected chi connectivity index (χ3v) is 5.80. The van der Waals surface area contributed by atoms with Crippen LogP contribution in [0.15, 0.2) is 48.5 Å². The summed E-state index contributed by atoms with van der Waals surface area (Å²) < 4.78 is 6.37. The van der Waals surface area contributed by atoms with Gasteiger partial charge in [0.05, 0.1) is 12.2 Å². The van der Waals surface area contributed by atoms with Gasteiger partial charge in [-0.1, -0.05) is 42.0 Å². The number of hydrogen-bond acceptors (Lipinski definition) is 4. The molecule has 2 atom stereocenters. The van der Waals surface area contributed by atoms with Crippen molar-refractivity contribution in [1.29, 1.82) is 0 Å². The Morgan fingerprint density at radius 2 is 1.88 bits per heavy atom. The van der Waals surface area contributed by atoms with Crippen molar-refractivity contribution in [3.8, 4) is 5.75 Å². The van der Waals surface area contributed by atoms with Crippen LogP contribution in [0.1, 0.15) is 48.2 Å². The Morgan fingerprint density at radius 3 is 2.62 bits per heavy atom. The highest BCUT2D eigenvalue weighted by Gasteiger charge is 2.43. The van der Waals surface area contributed by atoms with Crippen molar-refractivity contribution < 1.29 is 14.9 Å². The van der Waals surface area contributed by atoms with Gasteiger partial charge in [0.25, 0.3) is 0 Å². The first-order valence-corrected chi connectivity index (χ1v) is 9.48. The summed E-state index contributed by atoms with van der Waals surface area (Å²) in [4.78, 5) is 2.29. The molecule has 0 aliphatic carbocycles. The number of aliphatic hydroxyl groups excluding tert-OH is 2. The number of benzene rings is 2. The number of piperidine rings is 1. The van der Waals surface area contributed by atoms with Crippen molar-refractivity contribution in [2.75, 3.05) is 19.6 Å². The summed E-state index contributed by atoms with van der Waals surface area (Å²) in [5.41, 5.74) is 2.74. The predicted octanol–water partition coefficient (Wildman–Crippen LogP) is 3.38. The summed E-state index contributed by atoms with van der Waals surface area (Å²) in [7, 11) is 0. The molecule has 1 saturated heterocycles. The molecule has 0 amide bonds. The lowest BCUT2D eigenvalue weighted by atomic mass is 9.81.